The predicted molar refractivity (Wildman–Crippen MR) is 32.9 cm³/mol. The molecule has 1 aliphatic heterocycles. The van der Waals surface area contributed by atoms with Gasteiger partial charge in [-0.15, -0.1) is 0 Å². The highest BCUT2D eigenvalue weighted by Gasteiger charge is 2.05. The summed E-state index contributed by atoms with van der Waals surface area (Å²) < 4.78 is 0. The van der Waals surface area contributed by atoms with Crippen LogP contribution in [-0.2, 0) is 0 Å². The van der Waals surface area contributed by atoms with Gasteiger partial charge in [0.2, 0.25) is 0 Å². The number of nitrogens with zero attached hydrogens (tertiary/aromatic N) is 3. The molecular formula is C6H4N3. The molecule has 0 saturated carbocycles. The van der Waals surface area contributed by atoms with Gasteiger partial charge in [-0.05, 0) is 6.08 Å². The molecule has 0 spiro atoms. The Morgan fingerprint density at radius 3 is 2.89 bits per heavy atom. The smallest absolute Gasteiger partial charge is 0.178 e. The van der Waals surface area contributed by atoms with E-state index in [4.69, 9.17) is 0 Å². The maximum Gasteiger partial charge on any atom is 0.178 e. The van der Waals surface area contributed by atoms with Crippen LogP contribution in [0.15, 0.2) is 18.6 Å². The van der Waals surface area contributed by atoms with E-state index in [1.165, 1.54) is 0 Å². The fourth-order valence-electron chi connectivity index (χ4n) is 0.737. The van der Waals surface area contributed by atoms with E-state index in [9.17, 15) is 0 Å². The van der Waals surface area contributed by atoms with Crippen LogP contribution in [0.3, 0.4) is 0 Å². The molecule has 3 nitrogen and oxygen atoms in total. The molecule has 1 aromatic heterocycles. The number of hydrogen-bond acceptors (Lipinski definition) is 2. The highest BCUT2D eigenvalue weighted by molar-refractivity contribution is 5.61. The van der Waals surface area contributed by atoms with Gasteiger partial charge in [0.1, 0.15) is 5.69 Å². The molecule has 0 unspecified atom stereocenters. The third kappa shape index (κ3) is 0.579. The zero-order chi connectivity index (χ0) is 6.10. The van der Waals surface area contributed by atoms with E-state index < -0.39 is 0 Å². The van der Waals surface area contributed by atoms with Crippen LogP contribution in [0.25, 0.3) is 6.08 Å². The monoisotopic (exact) mass is 118 g/mol. The molecule has 0 bridgehead atoms. The lowest BCUT2D eigenvalue weighted by molar-refractivity contribution is 1.08. The molecule has 0 aliphatic carbocycles. The van der Waals surface area contributed by atoms with E-state index >= 15 is 0 Å². The van der Waals surface area contributed by atoms with Crippen molar-refractivity contribution in [2.24, 2.45) is 0 Å². The summed E-state index contributed by atoms with van der Waals surface area (Å²) in [5.74, 6) is 0.720. The largest absolute Gasteiger partial charge is 0.251 e. The number of fused-ring (bicyclic) bond motifs is 1. The summed E-state index contributed by atoms with van der Waals surface area (Å²) in [7, 11) is 0. The number of hydrogen-bond donors (Lipinski definition) is 0. The number of aromatic nitrogens is 2. The van der Waals surface area contributed by atoms with E-state index in [0.29, 0.717) is 0 Å². The van der Waals surface area contributed by atoms with Crippen molar-refractivity contribution in [1.29, 1.82) is 0 Å². The van der Waals surface area contributed by atoms with Crippen molar-refractivity contribution in [3.63, 3.8) is 0 Å². The fourth-order valence-corrected chi connectivity index (χ4v) is 0.737. The second kappa shape index (κ2) is 1.55. The van der Waals surface area contributed by atoms with Crippen molar-refractivity contribution in [3.05, 3.63) is 24.3 Å². The van der Waals surface area contributed by atoms with Gasteiger partial charge in [0, 0.05) is 18.6 Å². The molecule has 0 atom stereocenters. The minimum Gasteiger partial charge on any atom is -0.251 e. The first-order valence-corrected chi connectivity index (χ1v) is 2.65. The Bertz CT molecular complexity index is 254. The minimum atomic E-state index is 0.720. The molecule has 1 radical (unpaired) electrons. The summed E-state index contributed by atoms with van der Waals surface area (Å²) in [6.07, 6.45) is 6.83. The predicted octanol–water partition coefficient (Wildman–Crippen LogP) is 0.697. The van der Waals surface area contributed by atoms with Crippen molar-refractivity contribution in [2.75, 3.05) is 0 Å². The van der Waals surface area contributed by atoms with E-state index in [0.717, 1.165) is 11.5 Å². The van der Waals surface area contributed by atoms with Crippen LogP contribution in [0.4, 0.5) is 5.82 Å². The lowest BCUT2D eigenvalue weighted by Gasteiger charge is -1.90. The summed E-state index contributed by atoms with van der Waals surface area (Å²) in [6, 6.07) is 0. The van der Waals surface area contributed by atoms with Crippen molar-refractivity contribution < 1.29 is 0 Å². The van der Waals surface area contributed by atoms with Crippen LogP contribution in [0, 0.1) is 0 Å². The quantitative estimate of drug-likeness (QED) is 0.503. The summed E-state index contributed by atoms with van der Waals surface area (Å²) in [5, 5.41) is 3.95. The normalized spacial score (nSPS) is 12.9. The maximum absolute atomic E-state index is 4.02. The average molecular weight is 118 g/mol. The van der Waals surface area contributed by atoms with Crippen LogP contribution in [0.2, 0.25) is 0 Å². The lowest BCUT2D eigenvalue weighted by atomic mass is 10.4. The zero-order valence-electron chi connectivity index (χ0n) is 4.65. The third-order valence-corrected chi connectivity index (χ3v) is 1.14. The Balaban J connectivity index is 2.63. The Kier molecular flexibility index (Phi) is 0.773. The second-order valence-corrected chi connectivity index (χ2v) is 1.71. The lowest BCUT2D eigenvalue weighted by Crippen LogP contribution is -1.87. The first-order valence-electron chi connectivity index (χ1n) is 2.65. The third-order valence-electron chi connectivity index (χ3n) is 1.14. The van der Waals surface area contributed by atoms with Gasteiger partial charge < -0.3 is 0 Å². The van der Waals surface area contributed by atoms with Gasteiger partial charge >= 0.3 is 0 Å². The molecule has 0 aromatic carbocycles. The first-order chi connectivity index (χ1) is 4.47. The van der Waals surface area contributed by atoms with Gasteiger partial charge in [-0.3, -0.25) is 4.98 Å². The van der Waals surface area contributed by atoms with Crippen molar-refractivity contribution in [3.8, 4) is 0 Å². The van der Waals surface area contributed by atoms with E-state index in [-0.39, 0.29) is 0 Å². The van der Waals surface area contributed by atoms with Gasteiger partial charge in [0.25, 0.3) is 0 Å². The molecule has 0 fully saturated rings. The van der Waals surface area contributed by atoms with E-state index in [2.05, 4.69) is 15.3 Å². The fraction of sp³-hybridized carbons (Fsp3) is 0. The molecule has 2 heterocycles. The first kappa shape index (κ1) is 4.49. The van der Waals surface area contributed by atoms with Crippen LogP contribution in [0.1, 0.15) is 5.69 Å². The molecule has 0 N–H and O–H groups in total. The van der Waals surface area contributed by atoms with Crippen LogP contribution in [-0.4, -0.2) is 9.97 Å². The van der Waals surface area contributed by atoms with Gasteiger partial charge in [0.05, 0.1) is 0 Å². The van der Waals surface area contributed by atoms with Crippen LogP contribution < -0.4 is 5.32 Å². The summed E-state index contributed by atoms with van der Waals surface area (Å²) >= 11 is 0. The average Bonchev–Trinajstić information content (AvgIpc) is 2.33. The Morgan fingerprint density at radius 2 is 2.00 bits per heavy atom. The molecule has 1 aliphatic rings. The SMILES string of the molecule is C1=Cc2nccnc2[N]1. The molecular weight excluding hydrogens is 114 g/mol. The van der Waals surface area contributed by atoms with Crippen molar-refractivity contribution >= 4 is 11.9 Å². The van der Waals surface area contributed by atoms with E-state index in [1.54, 1.807) is 18.6 Å². The van der Waals surface area contributed by atoms with Gasteiger partial charge in [-0.25, -0.2) is 10.3 Å². The minimum absolute atomic E-state index is 0.720. The number of rotatable bonds is 0. The van der Waals surface area contributed by atoms with E-state index in [1.807, 2.05) is 6.08 Å². The Labute approximate surface area is 52.5 Å². The van der Waals surface area contributed by atoms with Crippen LogP contribution >= 0.6 is 0 Å². The van der Waals surface area contributed by atoms with Crippen molar-refractivity contribution in [2.45, 2.75) is 0 Å². The van der Waals surface area contributed by atoms with Crippen molar-refractivity contribution in [1.82, 2.24) is 15.3 Å². The molecule has 2 rings (SSSR count). The Morgan fingerprint density at radius 1 is 1.11 bits per heavy atom. The molecule has 9 heavy (non-hydrogen) atoms. The molecule has 3 heteroatoms. The Hall–Kier alpha value is -1.38. The summed E-state index contributed by atoms with van der Waals surface area (Å²) in [4.78, 5) is 7.98. The van der Waals surface area contributed by atoms with Gasteiger partial charge in [0.15, 0.2) is 5.82 Å². The van der Waals surface area contributed by atoms with Gasteiger partial charge in [-0.2, -0.15) is 0 Å². The molecule has 43 valence electrons. The van der Waals surface area contributed by atoms with Gasteiger partial charge in [-0.1, -0.05) is 0 Å². The molecule has 1 aromatic rings. The highest BCUT2D eigenvalue weighted by Crippen LogP contribution is 2.15. The standard InChI is InChI=1S/C6H4N3/c1-2-8-6-5(1)7-3-4-9-6/h1-4H. The highest BCUT2D eigenvalue weighted by atomic mass is 15.0. The molecule has 0 saturated heterocycles. The molecule has 0 amide bonds. The second-order valence-electron chi connectivity index (χ2n) is 1.71. The summed E-state index contributed by atoms with van der Waals surface area (Å²) in [5.41, 5.74) is 0.859. The topological polar surface area (TPSA) is 39.9 Å². The van der Waals surface area contributed by atoms with Crippen LogP contribution in [0.5, 0.6) is 0 Å². The maximum atomic E-state index is 4.02. The summed E-state index contributed by atoms with van der Waals surface area (Å²) in [6.45, 7) is 0. The zero-order valence-corrected chi connectivity index (χ0v) is 4.65.